The molecule has 0 amide bonds. The fourth-order valence-electron chi connectivity index (χ4n) is 3.47. The van der Waals surface area contributed by atoms with Gasteiger partial charge in [-0.3, -0.25) is 0 Å². The lowest BCUT2D eigenvalue weighted by Crippen LogP contribution is -2.28. The highest BCUT2D eigenvalue weighted by Gasteiger charge is 2.48. The summed E-state index contributed by atoms with van der Waals surface area (Å²) in [6.45, 7) is 0.136. The molecule has 0 aliphatic heterocycles. The van der Waals surface area contributed by atoms with Crippen molar-refractivity contribution in [3.63, 3.8) is 0 Å². The van der Waals surface area contributed by atoms with Crippen molar-refractivity contribution in [2.24, 2.45) is 0 Å². The molecular weight excluding hydrogens is 523 g/mol. The van der Waals surface area contributed by atoms with E-state index in [0.29, 0.717) is 16.3 Å². The largest absolute Gasteiger partial charge is 0.534 e. The van der Waals surface area contributed by atoms with E-state index < -0.39 is 27.3 Å². The Balaban J connectivity index is 1.93. The summed E-state index contributed by atoms with van der Waals surface area (Å²) < 4.78 is 78.5. The molecule has 0 atom stereocenters. The Morgan fingerprint density at radius 3 is 2.25 bits per heavy atom. The number of carbonyl (C=O) groups excluding carboxylic acids is 1. The van der Waals surface area contributed by atoms with Crippen LogP contribution in [0.5, 0.6) is 17.2 Å². The van der Waals surface area contributed by atoms with E-state index in [4.69, 9.17) is 21.1 Å². The van der Waals surface area contributed by atoms with Crippen LogP contribution in [0.3, 0.4) is 0 Å². The van der Waals surface area contributed by atoms with E-state index in [0.717, 1.165) is 17.7 Å². The van der Waals surface area contributed by atoms with Crippen molar-refractivity contribution in [1.29, 1.82) is 0 Å². The van der Waals surface area contributed by atoms with Crippen molar-refractivity contribution in [3.05, 3.63) is 89.1 Å². The molecule has 7 nitrogen and oxygen atoms in total. The van der Waals surface area contributed by atoms with Crippen molar-refractivity contribution in [2.45, 2.75) is 12.1 Å². The van der Waals surface area contributed by atoms with E-state index >= 15 is 0 Å². The number of hydrogen-bond acceptors (Lipinski definition) is 6. The topological polar surface area (TPSA) is 83.8 Å². The second-order valence-corrected chi connectivity index (χ2v) is 9.43. The summed E-state index contributed by atoms with van der Waals surface area (Å²) in [7, 11) is -4.75. The van der Waals surface area contributed by atoms with Gasteiger partial charge in [0.15, 0.2) is 11.4 Å². The van der Waals surface area contributed by atoms with E-state index in [1.165, 1.54) is 13.2 Å². The standard InChI is InChI=1S/C24H17ClF3NO6S/c1-33-23(30)21-22(34-17-5-3-2-4-6-17)19-13-18(35-36(31,32)24(26,27)28)11-12-20(19)29(21)14-15-7-9-16(25)10-8-15/h2-13H,14H2,1H3. The first-order valence-corrected chi connectivity index (χ1v) is 12.0. The first-order valence-electron chi connectivity index (χ1n) is 10.2. The van der Waals surface area contributed by atoms with Gasteiger partial charge in [0.05, 0.1) is 12.6 Å². The van der Waals surface area contributed by atoms with Crippen molar-refractivity contribution >= 4 is 38.6 Å². The van der Waals surface area contributed by atoms with Gasteiger partial charge in [0.2, 0.25) is 0 Å². The molecule has 4 aromatic rings. The highest BCUT2D eigenvalue weighted by Crippen LogP contribution is 2.40. The maximum atomic E-state index is 12.9. The van der Waals surface area contributed by atoms with Crippen LogP contribution in [0, 0.1) is 0 Å². The zero-order chi connectivity index (χ0) is 26.1. The zero-order valence-electron chi connectivity index (χ0n) is 18.5. The number of para-hydroxylation sites is 1. The molecule has 4 rings (SSSR count). The lowest BCUT2D eigenvalue weighted by Gasteiger charge is -2.11. The first kappa shape index (κ1) is 25.4. The Morgan fingerprint density at radius 1 is 0.972 bits per heavy atom. The van der Waals surface area contributed by atoms with E-state index in [2.05, 4.69) is 4.18 Å². The fourth-order valence-corrected chi connectivity index (χ4v) is 4.05. The number of methoxy groups -OCH3 is 1. The van der Waals surface area contributed by atoms with Crippen molar-refractivity contribution in [3.8, 4) is 17.2 Å². The summed E-state index contributed by atoms with van der Waals surface area (Å²) >= 11 is 5.97. The van der Waals surface area contributed by atoms with Crippen LogP contribution in [0.2, 0.25) is 5.02 Å². The Hall–Kier alpha value is -3.70. The van der Waals surface area contributed by atoms with E-state index in [9.17, 15) is 26.4 Å². The predicted octanol–water partition coefficient (Wildman–Crippen LogP) is 6.15. The molecule has 0 N–H and O–H groups in total. The minimum absolute atomic E-state index is 0.0397. The highest BCUT2D eigenvalue weighted by atomic mass is 35.5. The molecule has 0 radical (unpaired) electrons. The molecule has 0 spiro atoms. The SMILES string of the molecule is COC(=O)c1c(Oc2ccccc2)c2cc(OS(=O)(=O)C(F)(F)F)ccc2n1Cc1ccc(Cl)cc1. The minimum atomic E-state index is -5.92. The Kier molecular flexibility index (Phi) is 6.87. The van der Waals surface area contributed by atoms with Gasteiger partial charge < -0.3 is 18.2 Å². The number of alkyl halides is 3. The van der Waals surface area contributed by atoms with Gasteiger partial charge in [-0.2, -0.15) is 21.6 Å². The average molecular weight is 540 g/mol. The van der Waals surface area contributed by atoms with Gasteiger partial charge in [-0.15, -0.1) is 0 Å². The van der Waals surface area contributed by atoms with E-state index in [1.807, 2.05) is 0 Å². The smallest absolute Gasteiger partial charge is 0.464 e. The predicted molar refractivity (Wildman–Crippen MR) is 126 cm³/mol. The van der Waals surface area contributed by atoms with Gasteiger partial charge in [0, 0.05) is 17.0 Å². The number of esters is 1. The van der Waals surface area contributed by atoms with Crippen LogP contribution < -0.4 is 8.92 Å². The van der Waals surface area contributed by atoms with Crippen LogP contribution >= 0.6 is 11.6 Å². The second kappa shape index (κ2) is 9.75. The molecule has 0 aliphatic rings. The molecule has 0 saturated carbocycles. The van der Waals surface area contributed by atoms with Gasteiger partial charge in [-0.1, -0.05) is 41.9 Å². The Morgan fingerprint density at radius 2 is 1.64 bits per heavy atom. The van der Waals surface area contributed by atoms with Gasteiger partial charge in [-0.25, -0.2) is 4.79 Å². The number of benzene rings is 3. The lowest BCUT2D eigenvalue weighted by atomic mass is 10.2. The molecule has 12 heteroatoms. The third-order valence-electron chi connectivity index (χ3n) is 5.07. The van der Waals surface area contributed by atoms with Crippen LogP contribution in [0.15, 0.2) is 72.8 Å². The average Bonchev–Trinajstić information content (AvgIpc) is 3.12. The zero-order valence-corrected chi connectivity index (χ0v) is 20.0. The molecule has 188 valence electrons. The molecule has 0 unspecified atom stereocenters. The third-order valence-corrected chi connectivity index (χ3v) is 6.30. The molecular formula is C24H17ClF3NO6S. The normalized spacial score (nSPS) is 11.9. The Labute approximate surface area is 208 Å². The molecule has 0 bridgehead atoms. The number of fused-ring (bicyclic) bond motifs is 1. The number of nitrogens with zero attached hydrogens (tertiary/aromatic N) is 1. The van der Waals surface area contributed by atoms with E-state index in [-0.39, 0.29) is 23.4 Å². The first-order chi connectivity index (χ1) is 17.0. The molecule has 36 heavy (non-hydrogen) atoms. The summed E-state index contributed by atoms with van der Waals surface area (Å²) in [5.41, 5.74) is -4.56. The number of carbonyl (C=O) groups is 1. The van der Waals surface area contributed by atoms with Crippen LogP contribution in [0.1, 0.15) is 16.1 Å². The highest BCUT2D eigenvalue weighted by molar-refractivity contribution is 7.88. The maximum absolute atomic E-state index is 12.9. The van der Waals surface area contributed by atoms with E-state index in [1.54, 1.807) is 59.2 Å². The number of ether oxygens (including phenoxy) is 2. The molecule has 0 fully saturated rings. The van der Waals surface area contributed by atoms with Gasteiger partial charge >= 0.3 is 21.6 Å². The lowest BCUT2D eigenvalue weighted by molar-refractivity contribution is -0.0500. The van der Waals surface area contributed by atoms with Gasteiger partial charge in [0.25, 0.3) is 0 Å². The van der Waals surface area contributed by atoms with Gasteiger partial charge in [0.1, 0.15) is 11.5 Å². The molecule has 0 aliphatic carbocycles. The molecule has 0 saturated heterocycles. The minimum Gasteiger partial charge on any atom is -0.464 e. The van der Waals surface area contributed by atoms with Crippen LogP contribution in [0.4, 0.5) is 13.2 Å². The van der Waals surface area contributed by atoms with Crippen molar-refractivity contribution < 1.29 is 40.0 Å². The van der Waals surface area contributed by atoms with Crippen LogP contribution in [-0.2, 0) is 21.4 Å². The summed E-state index contributed by atoms with van der Waals surface area (Å²) in [6, 6.07) is 18.6. The van der Waals surface area contributed by atoms with Crippen molar-refractivity contribution in [2.75, 3.05) is 7.11 Å². The monoisotopic (exact) mass is 539 g/mol. The Bertz CT molecular complexity index is 1520. The quantitative estimate of drug-likeness (QED) is 0.159. The second-order valence-electron chi connectivity index (χ2n) is 7.46. The maximum Gasteiger partial charge on any atom is 0.534 e. The molecule has 3 aromatic carbocycles. The number of aromatic nitrogens is 1. The summed E-state index contributed by atoms with van der Waals surface area (Å²) in [5, 5.41) is 0.633. The number of hydrogen-bond donors (Lipinski definition) is 0. The van der Waals surface area contributed by atoms with Crippen molar-refractivity contribution in [1.82, 2.24) is 4.57 Å². The summed E-state index contributed by atoms with van der Waals surface area (Å²) in [6.07, 6.45) is 0. The van der Waals surface area contributed by atoms with Crippen LogP contribution in [0.25, 0.3) is 10.9 Å². The van der Waals surface area contributed by atoms with Gasteiger partial charge in [-0.05, 0) is 48.0 Å². The fraction of sp³-hybridized carbons (Fsp3) is 0.125. The molecule has 1 aromatic heterocycles. The molecule has 1 heterocycles. The number of halogens is 4. The van der Waals surface area contributed by atoms with Crippen LogP contribution in [-0.4, -0.2) is 31.6 Å². The summed E-state index contributed by atoms with van der Waals surface area (Å²) in [4.78, 5) is 12.9. The third kappa shape index (κ3) is 5.12. The summed E-state index contributed by atoms with van der Waals surface area (Å²) in [5.74, 6) is -1.12. The number of rotatable bonds is 7.